The number of thioether (sulfide) groups is 1. The Hall–Kier alpha value is -3.59. The number of carbonyl (C=O) groups excluding carboxylic acids is 1. The molecule has 0 spiro atoms. The molecule has 34 heavy (non-hydrogen) atoms. The van der Waals surface area contributed by atoms with Gasteiger partial charge in [0.2, 0.25) is 0 Å². The number of hydrogen-bond donors (Lipinski definition) is 3. The van der Waals surface area contributed by atoms with Gasteiger partial charge in [-0.1, -0.05) is 25.1 Å². The third-order valence-corrected chi connectivity index (χ3v) is 5.84. The average molecular weight is 481 g/mol. The Balaban J connectivity index is 1.56. The topological polar surface area (TPSA) is 113 Å². The molecule has 0 aliphatic heterocycles. The minimum atomic E-state index is -1.10. The number of benzene rings is 1. The fourth-order valence-electron chi connectivity index (χ4n) is 3.24. The van der Waals surface area contributed by atoms with Gasteiger partial charge in [0.05, 0.1) is 12.2 Å². The molecule has 0 saturated heterocycles. The molecule has 178 valence electrons. The van der Waals surface area contributed by atoms with Crippen molar-refractivity contribution in [2.45, 2.75) is 30.8 Å². The van der Waals surface area contributed by atoms with E-state index in [1.165, 1.54) is 11.8 Å². The maximum atomic E-state index is 12.7. The van der Waals surface area contributed by atoms with Crippen LogP contribution >= 0.6 is 11.8 Å². The Morgan fingerprint density at radius 1 is 1.12 bits per heavy atom. The highest BCUT2D eigenvalue weighted by molar-refractivity contribution is 7.99. The highest BCUT2D eigenvalue weighted by Crippen LogP contribution is 2.20. The van der Waals surface area contributed by atoms with E-state index in [-0.39, 0.29) is 6.42 Å². The summed E-state index contributed by atoms with van der Waals surface area (Å²) < 4.78 is 5.79. The van der Waals surface area contributed by atoms with E-state index >= 15 is 0 Å². The molecule has 0 bridgehead atoms. The molecule has 0 aliphatic carbocycles. The molecular formula is C25H28N4O4S. The molecule has 0 aliphatic rings. The summed E-state index contributed by atoms with van der Waals surface area (Å²) in [6, 6.07) is 15.2. The largest absolute Gasteiger partial charge is 0.493 e. The summed E-state index contributed by atoms with van der Waals surface area (Å²) in [7, 11) is 1.83. The van der Waals surface area contributed by atoms with Crippen molar-refractivity contribution in [2.24, 2.45) is 0 Å². The molecule has 3 N–H and O–H groups in total. The first-order valence-electron chi connectivity index (χ1n) is 11.0. The molecule has 9 heteroatoms. The zero-order chi connectivity index (χ0) is 24.3. The zero-order valence-corrected chi connectivity index (χ0v) is 20.0. The van der Waals surface area contributed by atoms with Gasteiger partial charge < -0.3 is 20.5 Å². The lowest BCUT2D eigenvalue weighted by molar-refractivity contribution is -0.139. The number of ether oxygens (including phenoxy) is 1. The Morgan fingerprint density at radius 2 is 1.91 bits per heavy atom. The van der Waals surface area contributed by atoms with E-state index in [1.54, 1.807) is 42.6 Å². The van der Waals surface area contributed by atoms with Crippen LogP contribution in [0.2, 0.25) is 0 Å². The van der Waals surface area contributed by atoms with Crippen molar-refractivity contribution in [3.63, 3.8) is 0 Å². The van der Waals surface area contributed by atoms with Gasteiger partial charge in [0.1, 0.15) is 22.6 Å². The van der Waals surface area contributed by atoms with Crippen molar-refractivity contribution in [1.82, 2.24) is 15.3 Å². The van der Waals surface area contributed by atoms with Crippen LogP contribution in [0.4, 0.5) is 5.82 Å². The third-order valence-electron chi connectivity index (χ3n) is 4.95. The highest BCUT2D eigenvalue weighted by Gasteiger charge is 2.23. The minimum absolute atomic E-state index is 0.151. The standard InChI is InChI=1S/C25H28N4O4S/c1-3-34-24-20(7-5-14-27-24)23(30)29-21(25(31)32)16-17-9-11-19(12-10-17)33-15-13-18-6-4-8-22(26-2)28-18/h4-12,14,21H,3,13,15-16H2,1-2H3,(H,26,28)(H,29,30)(H,31,32)/t21-/m0/s1. The number of aromatic nitrogens is 2. The fraction of sp³-hybridized carbons (Fsp3) is 0.280. The van der Waals surface area contributed by atoms with Gasteiger partial charge in [-0.15, -0.1) is 11.8 Å². The van der Waals surface area contributed by atoms with Crippen LogP contribution < -0.4 is 15.4 Å². The number of rotatable bonds is 12. The predicted molar refractivity (Wildman–Crippen MR) is 133 cm³/mol. The van der Waals surface area contributed by atoms with Crippen LogP contribution in [0.15, 0.2) is 65.8 Å². The number of pyridine rings is 2. The summed E-state index contributed by atoms with van der Waals surface area (Å²) >= 11 is 1.44. The molecule has 1 atom stereocenters. The van der Waals surface area contributed by atoms with Crippen LogP contribution in [0.5, 0.6) is 5.75 Å². The van der Waals surface area contributed by atoms with Gasteiger partial charge in [-0.2, -0.15) is 0 Å². The van der Waals surface area contributed by atoms with E-state index in [4.69, 9.17) is 4.74 Å². The van der Waals surface area contributed by atoms with Gasteiger partial charge in [0.25, 0.3) is 5.91 Å². The fourth-order valence-corrected chi connectivity index (χ4v) is 3.97. The first kappa shape index (κ1) is 25.0. The molecule has 1 amide bonds. The van der Waals surface area contributed by atoms with Gasteiger partial charge in [-0.25, -0.2) is 14.8 Å². The summed E-state index contributed by atoms with van der Waals surface area (Å²) in [5.41, 5.74) is 2.08. The van der Waals surface area contributed by atoms with Gasteiger partial charge in [-0.05, 0) is 47.7 Å². The number of carbonyl (C=O) groups is 2. The number of nitrogens with zero attached hydrogens (tertiary/aromatic N) is 2. The van der Waals surface area contributed by atoms with Crippen LogP contribution in [0.25, 0.3) is 0 Å². The van der Waals surface area contributed by atoms with Crippen LogP contribution in [0.1, 0.15) is 28.5 Å². The molecule has 3 aromatic rings. The van der Waals surface area contributed by atoms with Crippen molar-refractivity contribution in [1.29, 1.82) is 0 Å². The number of amides is 1. The molecule has 2 aromatic heterocycles. The molecule has 8 nitrogen and oxygen atoms in total. The van der Waals surface area contributed by atoms with Crippen LogP contribution in [0.3, 0.4) is 0 Å². The van der Waals surface area contributed by atoms with Crippen molar-refractivity contribution in [3.05, 3.63) is 77.6 Å². The van der Waals surface area contributed by atoms with Crippen molar-refractivity contribution in [2.75, 3.05) is 24.7 Å². The molecule has 0 unspecified atom stereocenters. The third kappa shape index (κ3) is 7.21. The van der Waals surface area contributed by atoms with Crippen molar-refractivity contribution < 1.29 is 19.4 Å². The van der Waals surface area contributed by atoms with E-state index in [0.717, 1.165) is 22.8 Å². The number of carboxylic acids is 1. The summed E-state index contributed by atoms with van der Waals surface area (Å²) in [4.78, 5) is 33.2. The molecule has 3 rings (SSSR count). The molecule has 0 radical (unpaired) electrons. The Morgan fingerprint density at radius 3 is 2.62 bits per heavy atom. The van der Waals surface area contributed by atoms with Crippen molar-refractivity contribution >= 4 is 29.5 Å². The van der Waals surface area contributed by atoms with Gasteiger partial charge in [0.15, 0.2) is 0 Å². The van der Waals surface area contributed by atoms with E-state index in [2.05, 4.69) is 20.6 Å². The first-order chi connectivity index (χ1) is 16.5. The number of carboxylic acid groups (broad SMARTS) is 1. The molecular weight excluding hydrogens is 452 g/mol. The Labute approximate surface area is 203 Å². The monoisotopic (exact) mass is 480 g/mol. The van der Waals surface area contributed by atoms with E-state index < -0.39 is 17.9 Å². The zero-order valence-electron chi connectivity index (χ0n) is 19.2. The summed E-state index contributed by atoms with van der Waals surface area (Å²) in [6.07, 6.45) is 2.43. The number of hydrogen-bond acceptors (Lipinski definition) is 7. The highest BCUT2D eigenvalue weighted by atomic mass is 32.2. The predicted octanol–water partition coefficient (Wildman–Crippen LogP) is 3.68. The number of anilines is 1. The maximum Gasteiger partial charge on any atom is 0.326 e. The van der Waals surface area contributed by atoms with Gasteiger partial charge >= 0.3 is 5.97 Å². The lowest BCUT2D eigenvalue weighted by Crippen LogP contribution is -2.42. The number of aliphatic carboxylic acids is 1. The average Bonchev–Trinajstić information content (AvgIpc) is 2.85. The minimum Gasteiger partial charge on any atom is -0.493 e. The van der Waals surface area contributed by atoms with E-state index in [9.17, 15) is 14.7 Å². The van der Waals surface area contributed by atoms with Crippen LogP contribution in [0, 0.1) is 0 Å². The van der Waals surface area contributed by atoms with Crippen LogP contribution in [-0.4, -0.2) is 52.4 Å². The summed E-state index contributed by atoms with van der Waals surface area (Å²) in [5, 5.41) is 15.9. The molecule has 0 saturated carbocycles. The second-order valence-corrected chi connectivity index (χ2v) is 8.62. The van der Waals surface area contributed by atoms with Crippen molar-refractivity contribution in [3.8, 4) is 5.75 Å². The van der Waals surface area contributed by atoms with E-state index in [1.807, 2.05) is 32.2 Å². The lowest BCUT2D eigenvalue weighted by Gasteiger charge is -2.16. The summed E-state index contributed by atoms with van der Waals surface area (Å²) in [6.45, 7) is 2.43. The summed E-state index contributed by atoms with van der Waals surface area (Å²) in [5.74, 6) is 0.699. The Bertz CT molecular complexity index is 1110. The molecule has 0 fully saturated rings. The molecule has 2 heterocycles. The molecule has 1 aromatic carbocycles. The lowest BCUT2D eigenvalue weighted by atomic mass is 10.1. The van der Waals surface area contributed by atoms with Gasteiger partial charge in [-0.3, -0.25) is 4.79 Å². The maximum absolute atomic E-state index is 12.7. The number of nitrogens with one attached hydrogen (secondary N) is 2. The normalized spacial score (nSPS) is 11.5. The van der Waals surface area contributed by atoms with Crippen LogP contribution in [-0.2, 0) is 17.6 Å². The van der Waals surface area contributed by atoms with Gasteiger partial charge in [0, 0.05) is 31.8 Å². The first-order valence-corrected chi connectivity index (χ1v) is 12.0. The quantitative estimate of drug-likeness (QED) is 0.337. The Kier molecular flexibility index (Phi) is 9.28. The SMILES string of the molecule is CCSc1ncccc1C(=O)N[C@@H](Cc1ccc(OCCc2cccc(NC)n2)cc1)C(=O)O. The smallest absolute Gasteiger partial charge is 0.326 e. The second kappa shape index (κ2) is 12.6. The second-order valence-electron chi connectivity index (χ2n) is 7.36. The van der Waals surface area contributed by atoms with E-state index in [0.29, 0.717) is 29.4 Å².